The molecule has 5 heteroatoms. The molecule has 2 rings (SSSR count). The van der Waals surface area contributed by atoms with Crippen molar-refractivity contribution in [1.29, 1.82) is 5.26 Å². The standard InChI is InChI=1S/C13H17N3O2/c14-10-13(6-3-1-2-4-7-13)12(17)15-9-11-5-8-18-16-11/h5,8H,1-4,6-7,9H2,(H,15,17). The zero-order chi connectivity index (χ0) is 12.8. The molecule has 5 nitrogen and oxygen atoms in total. The summed E-state index contributed by atoms with van der Waals surface area (Å²) < 4.78 is 4.70. The van der Waals surface area contributed by atoms with Gasteiger partial charge >= 0.3 is 0 Å². The molecule has 1 amide bonds. The quantitative estimate of drug-likeness (QED) is 0.830. The second kappa shape index (κ2) is 5.67. The molecule has 1 aromatic heterocycles. The van der Waals surface area contributed by atoms with E-state index in [9.17, 15) is 10.1 Å². The average Bonchev–Trinajstić information content (AvgIpc) is 2.79. The SMILES string of the molecule is N#CC1(C(=O)NCc2ccon2)CCCCCC1. The second-order valence-corrected chi connectivity index (χ2v) is 4.78. The Labute approximate surface area is 106 Å². The Balaban J connectivity index is 1.98. The molecule has 0 aliphatic heterocycles. The van der Waals surface area contributed by atoms with E-state index in [-0.39, 0.29) is 5.91 Å². The molecule has 0 bridgehead atoms. The zero-order valence-corrected chi connectivity index (χ0v) is 10.3. The molecular formula is C13H17N3O2. The lowest BCUT2D eigenvalue weighted by Gasteiger charge is -2.23. The molecule has 0 aromatic carbocycles. The summed E-state index contributed by atoms with van der Waals surface area (Å²) in [7, 11) is 0. The largest absolute Gasteiger partial charge is 0.364 e. The summed E-state index contributed by atoms with van der Waals surface area (Å²) in [5.74, 6) is -0.171. The van der Waals surface area contributed by atoms with Gasteiger partial charge in [0.25, 0.3) is 0 Å². The van der Waals surface area contributed by atoms with E-state index in [0.717, 1.165) is 25.7 Å². The normalized spacial score (nSPS) is 18.6. The topological polar surface area (TPSA) is 78.9 Å². The molecule has 0 atom stereocenters. The van der Waals surface area contributed by atoms with Crippen LogP contribution in [0, 0.1) is 16.7 Å². The van der Waals surface area contributed by atoms with Gasteiger partial charge in [0.05, 0.1) is 12.6 Å². The van der Waals surface area contributed by atoms with Gasteiger partial charge in [0.2, 0.25) is 5.91 Å². The number of nitrogens with one attached hydrogen (secondary N) is 1. The van der Waals surface area contributed by atoms with E-state index in [1.807, 2.05) is 0 Å². The van der Waals surface area contributed by atoms with E-state index in [2.05, 4.69) is 16.5 Å². The molecule has 1 saturated carbocycles. The second-order valence-electron chi connectivity index (χ2n) is 4.78. The number of nitriles is 1. The third kappa shape index (κ3) is 2.70. The Morgan fingerprint density at radius 3 is 2.72 bits per heavy atom. The summed E-state index contributed by atoms with van der Waals surface area (Å²) in [5.41, 5.74) is -0.176. The average molecular weight is 247 g/mol. The molecule has 1 N–H and O–H groups in total. The maximum Gasteiger partial charge on any atom is 0.240 e. The number of aromatic nitrogens is 1. The molecule has 1 aliphatic carbocycles. The van der Waals surface area contributed by atoms with Crippen LogP contribution in [-0.2, 0) is 11.3 Å². The van der Waals surface area contributed by atoms with Gasteiger partial charge in [-0.25, -0.2) is 0 Å². The van der Waals surface area contributed by atoms with E-state index >= 15 is 0 Å². The van der Waals surface area contributed by atoms with Crippen LogP contribution < -0.4 is 5.32 Å². The van der Waals surface area contributed by atoms with Crippen molar-refractivity contribution >= 4 is 5.91 Å². The van der Waals surface area contributed by atoms with Crippen molar-refractivity contribution < 1.29 is 9.32 Å². The summed E-state index contributed by atoms with van der Waals surface area (Å²) in [4.78, 5) is 12.2. The molecule has 1 heterocycles. The molecule has 96 valence electrons. The summed E-state index contributed by atoms with van der Waals surface area (Å²) in [6.45, 7) is 0.318. The molecule has 0 unspecified atom stereocenters. The van der Waals surface area contributed by atoms with Crippen molar-refractivity contribution in [3.63, 3.8) is 0 Å². The van der Waals surface area contributed by atoms with Crippen LogP contribution in [0.1, 0.15) is 44.2 Å². The van der Waals surface area contributed by atoms with Gasteiger partial charge in [0.1, 0.15) is 17.4 Å². The summed E-state index contributed by atoms with van der Waals surface area (Å²) >= 11 is 0. The lowest BCUT2D eigenvalue weighted by Crippen LogP contribution is -2.39. The van der Waals surface area contributed by atoms with Gasteiger partial charge < -0.3 is 9.84 Å². The number of hydrogen-bond donors (Lipinski definition) is 1. The zero-order valence-electron chi connectivity index (χ0n) is 10.3. The first-order valence-electron chi connectivity index (χ1n) is 6.36. The third-order valence-electron chi connectivity index (χ3n) is 3.53. The molecule has 1 aliphatic rings. The van der Waals surface area contributed by atoms with Crippen molar-refractivity contribution in [3.8, 4) is 6.07 Å². The van der Waals surface area contributed by atoms with E-state index in [0.29, 0.717) is 25.1 Å². The van der Waals surface area contributed by atoms with Gasteiger partial charge in [0, 0.05) is 6.07 Å². The fourth-order valence-corrected chi connectivity index (χ4v) is 2.39. The first-order chi connectivity index (χ1) is 8.77. The summed E-state index contributed by atoms with van der Waals surface area (Å²) in [6.07, 6.45) is 6.91. The Kier molecular flexibility index (Phi) is 3.98. The van der Waals surface area contributed by atoms with E-state index < -0.39 is 5.41 Å². The van der Waals surface area contributed by atoms with Crippen LogP contribution in [-0.4, -0.2) is 11.1 Å². The Bertz CT molecular complexity index is 426. The molecule has 0 radical (unpaired) electrons. The van der Waals surface area contributed by atoms with Crippen molar-refractivity contribution in [3.05, 3.63) is 18.0 Å². The van der Waals surface area contributed by atoms with Crippen molar-refractivity contribution in [2.75, 3.05) is 0 Å². The molecule has 1 fully saturated rings. The lowest BCUT2D eigenvalue weighted by molar-refractivity contribution is -0.129. The predicted molar refractivity (Wildman–Crippen MR) is 64.1 cm³/mol. The van der Waals surface area contributed by atoms with Crippen LogP contribution in [0.4, 0.5) is 0 Å². The van der Waals surface area contributed by atoms with Crippen LogP contribution >= 0.6 is 0 Å². The summed E-state index contributed by atoms with van der Waals surface area (Å²) in [6, 6.07) is 3.93. The number of amides is 1. The first-order valence-corrected chi connectivity index (χ1v) is 6.36. The monoisotopic (exact) mass is 247 g/mol. The fourth-order valence-electron chi connectivity index (χ4n) is 2.39. The highest BCUT2D eigenvalue weighted by Crippen LogP contribution is 2.34. The highest BCUT2D eigenvalue weighted by molar-refractivity contribution is 5.85. The van der Waals surface area contributed by atoms with Crippen molar-refractivity contribution in [1.82, 2.24) is 10.5 Å². The van der Waals surface area contributed by atoms with Gasteiger partial charge in [-0.2, -0.15) is 5.26 Å². The Morgan fingerprint density at radius 1 is 1.44 bits per heavy atom. The van der Waals surface area contributed by atoms with Crippen LogP contribution in [0.5, 0.6) is 0 Å². The minimum absolute atomic E-state index is 0.171. The molecule has 0 saturated heterocycles. The van der Waals surface area contributed by atoms with Gasteiger partial charge in [-0.3, -0.25) is 4.79 Å². The van der Waals surface area contributed by atoms with Crippen LogP contribution in [0.15, 0.2) is 16.9 Å². The minimum atomic E-state index is -0.847. The van der Waals surface area contributed by atoms with Crippen LogP contribution in [0.3, 0.4) is 0 Å². The smallest absolute Gasteiger partial charge is 0.240 e. The number of carbonyl (C=O) groups is 1. The Hall–Kier alpha value is -1.83. The predicted octanol–water partition coefficient (Wildman–Crippen LogP) is 2.15. The van der Waals surface area contributed by atoms with Crippen LogP contribution in [0.25, 0.3) is 0 Å². The van der Waals surface area contributed by atoms with Gasteiger partial charge in [0.15, 0.2) is 0 Å². The van der Waals surface area contributed by atoms with Crippen LogP contribution in [0.2, 0.25) is 0 Å². The highest BCUT2D eigenvalue weighted by Gasteiger charge is 2.38. The van der Waals surface area contributed by atoms with Crippen molar-refractivity contribution in [2.24, 2.45) is 5.41 Å². The van der Waals surface area contributed by atoms with Gasteiger partial charge in [-0.1, -0.05) is 30.8 Å². The van der Waals surface area contributed by atoms with Crippen molar-refractivity contribution in [2.45, 2.75) is 45.1 Å². The maximum atomic E-state index is 12.2. The van der Waals surface area contributed by atoms with E-state index in [1.54, 1.807) is 6.07 Å². The van der Waals surface area contributed by atoms with Gasteiger partial charge in [-0.05, 0) is 12.8 Å². The fraction of sp³-hybridized carbons (Fsp3) is 0.615. The van der Waals surface area contributed by atoms with Gasteiger partial charge in [-0.15, -0.1) is 0 Å². The first kappa shape index (κ1) is 12.6. The maximum absolute atomic E-state index is 12.2. The number of rotatable bonds is 3. The number of hydrogen-bond acceptors (Lipinski definition) is 4. The highest BCUT2D eigenvalue weighted by atomic mass is 16.5. The number of nitrogens with zero attached hydrogens (tertiary/aromatic N) is 2. The number of carbonyl (C=O) groups excluding carboxylic acids is 1. The van der Waals surface area contributed by atoms with E-state index in [1.165, 1.54) is 6.26 Å². The molecule has 1 aromatic rings. The van der Waals surface area contributed by atoms with E-state index in [4.69, 9.17) is 4.52 Å². The summed E-state index contributed by atoms with van der Waals surface area (Å²) in [5, 5.41) is 15.9. The molecule has 18 heavy (non-hydrogen) atoms. The Morgan fingerprint density at radius 2 is 2.17 bits per heavy atom. The minimum Gasteiger partial charge on any atom is -0.364 e. The lowest BCUT2D eigenvalue weighted by atomic mass is 9.81. The molecule has 0 spiro atoms. The third-order valence-corrected chi connectivity index (χ3v) is 3.53. The molecular weight excluding hydrogens is 230 g/mol.